The third-order valence-electron chi connectivity index (χ3n) is 8.11. The van der Waals surface area contributed by atoms with Crippen molar-refractivity contribution < 1.29 is 33.4 Å². The number of amides is 4. The number of urea groups is 2. The minimum Gasteiger partial charge on any atom is -0.479 e. The van der Waals surface area contributed by atoms with Crippen molar-refractivity contribution in [3.63, 3.8) is 0 Å². The van der Waals surface area contributed by atoms with Gasteiger partial charge in [-0.2, -0.15) is 0 Å². The number of carbonyl (C=O) groups excluding carboxylic acids is 4. The number of ether oxygens (including phenoxy) is 3. The van der Waals surface area contributed by atoms with E-state index in [-0.39, 0.29) is 41.9 Å². The number of halogens is 1. The predicted octanol–water partition coefficient (Wildman–Crippen LogP) is 7.00. The fourth-order valence-electron chi connectivity index (χ4n) is 5.63. The Morgan fingerprint density at radius 3 is 2.16 bits per heavy atom. The second-order valence-corrected chi connectivity index (χ2v) is 13.2. The maximum atomic E-state index is 14.0. The molecule has 1 saturated heterocycles. The quantitative estimate of drug-likeness (QED) is 0.149. The van der Waals surface area contributed by atoms with Gasteiger partial charge in [-0.25, -0.2) is 19.2 Å². The van der Waals surface area contributed by atoms with E-state index in [2.05, 4.69) is 26.6 Å². The van der Waals surface area contributed by atoms with Crippen molar-refractivity contribution >= 4 is 57.0 Å². The van der Waals surface area contributed by atoms with E-state index in [1.165, 1.54) is 7.11 Å². The number of benzene rings is 3. The molecule has 0 bridgehead atoms. The molecule has 5 rings (SSSR count). The van der Waals surface area contributed by atoms with E-state index in [1.807, 2.05) is 84.9 Å². The number of thiophene rings is 1. The molecule has 3 aromatic carbocycles. The highest BCUT2D eigenvalue weighted by Gasteiger charge is 2.32. The van der Waals surface area contributed by atoms with E-state index in [0.29, 0.717) is 59.6 Å². The van der Waals surface area contributed by atoms with Crippen LogP contribution in [0, 0.1) is 0 Å². The van der Waals surface area contributed by atoms with Gasteiger partial charge in [0.15, 0.2) is 17.2 Å². The molecule has 0 radical (unpaired) electrons. The number of rotatable bonds is 12. The van der Waals surface area contributed by atoms with E-state index >= 15 is 0 Å². The van der Waals surface area contributed by atoms with Gasteiger partial charge >= 0.3 is 24.0 Å². The molecule has 0 unspecified atom stereocenters. The summed E-state index contributed by atoms with van der Waals surface area (Å²) in [6.45, 7) is 3.25. The lowest BCUT2D eigenvalue weighted by atomic mass is 10.0. The van der Waals surface area contributed by atoms with E-state index in [0.717, 1.165) is 22.5 Å². The SMILES string of the molecule is CCOC(=O)COc1c(C(=O)OC)sc(-c2cccc(N(C(=O)NCc3ccccc3)C3CCN(C(=O)NCc4ccccc4)CC3)c2)c1Br. The Hall–Kier alpha value is -4.88. The molecule has 0 spiro atoms. The number of nitrogens with one attached hydrogen (secondary N) is 2. The van der Waals surface area contributed by atoms with Crippen LogP contribution in [-0.2, 0) is 27.4 Å². The van der Waals surface area contributed by atoms with Crippen LogP contribution in [0.25, 0.3) is 10.4 Å². The number of nitrogens with zero attached hydrogens (tertiary/aromatic N) is 2. The second-order valence-electron chi connectivity index (χ2n) is 11.4. The molecule has 0 saturated carbocycles. The predicted molar refractivity (Wildman–Crippen MR) is 195 cm³/mol. The molecule has 13 heteroatoms. The van der Waals surface area contributed by atoms with E-state index in [1.54, 1.807) is 16.7 Å². The maximum Gasteiger partial charge on any atom is 0.351 e. The van der Waals surface area contributed by atoms with Gasteiger partial charge in [-0.05, 0) is 64.5 Å². The van der Waals surface area contributed by atoms with Crippen LogP contribution in [0.4, 0.5) is 15.3 Å². The van der Waals surface area contributed by atoms with Crippen molar-refractivity contribution in [3.05, 3.63) is 105 Å². The summed E-state index contributed by atoms with van der Waals surface area (Å²) in [5, 5.41) is 6.07. The van der Waals surface area contributed by atoms with Crippen LogP contribution in [0.3, 0.4) is 0 Å². The van der Waals surface area contributed by atoms with Gasteiger partial charge in [0, 0.05) is 37.9 Å². The Labute approximate surface area is 303 Å². The maximum absolute atomic E-state index is 14.0. The normalized spacial score (nSPS) is 12.9. The van der Waals surface area contributed by atoms with Gasteiger partial charge < -0.3 is 29.7 Å². The van der Waals surface area contributed by atoms with Crippen molar-refractivity contribution in [1.82, 2.24) is 15.5 Å². The third-order valence-corrected chi connectivity index (χ3v) is 10.3. The van der Waals surface area contributed by atoms with Crippen LogP contribution in [0.15, 0.2) is 89.4 Å². The van der Waals surface area contributed by atoms with Crippen molar-refractivity contribution in [2.75, 3.05) is 38.3 Å². The summed E-state index contributed by atoms with van der Waals surface area (Å²) in [6, 6.07) is 26.3. The summed E-state index contributed by atoms with van der Waals surface area (Å²) in [6.07, 6.45) is 1.14. The number of likely N-dealkylation sites (tertiary alicyclic amines) is 1. The minimum absolute atomic E-state index is 0.140. The molecule has 0 aliphatic carbocycles. The molecular formula is C37H39BrN4O7S. The molecule has 4 aromatic rings. The molecule has 2 heterocycles. The summed E-state index contributed by atoms with van der Waals surface area (Å²) in [4.78, 5) is 56.1. The van der Waals surface area contributed by atoms with E-state index < -0.39 is 11.9 Å². The lowest BCUT2D eigenvalue weighted by molar-refractivity contribution is -0.145. The lowest BCUT2D eigenvalue weighted by Crippen LogP contribution is -2.53. The van der Waals surface area contributed by atoms with E-state index in [9.17, 15) is 19.2 Å². The fraction of sp³-hybridized carbons (Fsp3) is 0.297. The van der Waals surface area contributed by atoms with Gasteiger partial charge in [0.1, 0.15) is 0 Å². The molecule has 0 atom stereocenters. The number of carbonyl (C=O) groups is 4. The van der Waals surface area contributed by atoms with Crippen LogP contribution in [0.1, 0.15) is 40.6 Å². The van der Waals surface area contributed by atoms with Crippen LogP contribution in [0.2, 0.25) is 0 Å². The second kappa shape index (κ2) is 17.7. The Kier molecular flexibility index (Phi) is 12.9. The molecule has 50 heavy (non-hydrogen) atoms. The van der Waals surface area contributed by atoms with Gasteiger partial charge in [-0.1, -0.05) is 72.8 Å². The van der Waals surface area contributed by atoms with Crippen molar-refractivity contribution in [2.45, 2.75) is 38.9 Å². The van der Waals surface area contributed by atoms with E-state index in [4.69, 9.17) is 14.2 Å². The number of hydrogen-bond acceptors (Lipinski definition) is 8. The summed E-state index contributed by atoms with van der Waals surface area (Å²) < 4.78 is 16.2. The zero-order chi connectivity index (χ0) is 35.5. The molecule has 1 fully saturated rings. The monoisotopic (exact) mass is 762 g/mol. The molecule has 1 aliphatic heterocycles. The molecule has 4 amide bonds. The van der Waals surface area contributed by atoms with Gasteiger partial charge in [-0.15, -0.1) is 11.3 Å². The largest absolute Gasteiger partial charge is 0.479 e. The van der Waals surface area contributed by atoms with Crippen molar-refractivity contribution in [2.24, 2.45) is 0 Å². The number of anilines is 1. The minimum atomic E-state index is -0.613. The number of hydrogen-bond donors (Lipinski definition) is 2. The first-order valence-corrected chi connectivity index (χ1v) is 17.9. The molecule has 1 aliphatic rings. The van der Waals surface area contributed by atoms with Crippen LogP contribution < -0.4 is 20.3 Å². The van der Waals surface area contributed by atoms with Crippen LogP contribution >= 0.6 is 27.3 Å². The number of methoxy groups -OCH3 is 1. The first kappa shape index (κ1) is 36.4. The fourth-order valence-corrected chi connectivity index (χ4v) is 7.60. The van der Waals surface area contributed by atoms with Crippen LogP contribution in [-0.4, -0.2) is 68.4 Å². The highest BCUT2D eigenvalue weighted by molar-refractivity contribution is 9.10. The van der Waals surface area contributed by atoms with Gasteiger partial charge in [0.25, 0.3) is 0 Å². The third kappa shape index (κ3) is 9.21. The molecule has 262 valence electrons. The summed E-state index contributed by atoms with van der Waals surface area (Å²) in [5.41, 5.74) is 3.35. The van der Waals surface area contributed by atoms with Crippen LogP contribution in [0.5, 0.6) is 5.75 Å². The van der Waals surface area contributed by atoms with Gasteiger partial charge in [-0.3, -0.25) is 4.90 Å². The standard InChI is InChI=1S/C37H39BrN4O7S/c1-3-48-30(43)24-49-32-31(38)33(50-34(32)35(44)47-2)27-15-10-16-29(21-27)42(37(46)40-23-26-13-8-5-9-14-26)28-17-19-41(20-18-28)36(45)39-22-25-11-6-4-7-12-25/h4-16,21,28H,3,17-20,22-24H2,1-2H3,(H,39,45)(H,40,46). The molecule has 2 N–H and O–H groups in total. The van der Waals surface area contributed by atoms with Crippen molar-refractivity contribution in [1.29, 1.82) is 0 Å². The zero-order valence-electron chi connectivity index (χ0n) is 27.9. The van der Waals surface area contributed by atoms with Gasteiger partial charge in [0.2, 0.25) is 0 Å². The lowest BCUT2D eigenvalue weighted by Gasteiger charge is -2.38. The average molecular weight is 764 g/mol. The molecular weight excluding hydrogens is 724 g/mol. The number of esters is 2. The smallest absolute Gasteiger partial charge is 0.351 e. The topological polar surface area (TPSA) is 127 Å². The zero-order valence-corrected chi connectivity index (χ0v) is 30.3. The summed E-state index contributed by atoms with van der Waals surface area (Å²) in [7, 11) is 1.27. The molecule has 11 nitrogen and oxygen atoms in total. The summed E-state index contributed by atoms with van der Waals surface area (Å²) >= 11 is 4.73. The Bertz CT molecular complexity index is 1780. The Morgan fingerprint density at radius 2 is 1.54 bits per heavy atom. The van der Waals surface area contributed by atoms with Gasteiger partial charge in [0.05, 0.1) is 23.1 Å². The Balaban J connectivity index is 1.38. The highest BCUT2D eigenvalue weighted by atomic mass is 79.9. The first-order chi connectivity index (χ1) is 24.3. The Morgan fingerprint density at radius 1 is 0.900 bits per heavy atom. The highest BCUT2D eigenvalue weighted by Crippen LogP contribution is 2.46. The molecule has 1 aromatic heterocycles. The number of piperidine rings is 1. The first-order valence-electron chi connectivity index (χ1n) is 16.3. The average Bonchev–Trinajstić information content (AvgIpc) is 3.48. The van der Waals surface area contributed by atoms with Crippen molar-refractivity contribution in [3.8, 4) is 16.2 Å². The summed E-state index contributed by atoms with van der Waals surface area (Å²) in [5.74, 6) is -1.01.